The maximum absolute atomic E-state index is 12.0. The summed E-state index contributed by atoms with van der Waals surface area (Å²) in [5, 5.41) is 5.82. The van der Waals surface area contributed by atoms with Gasteiger partial charge in [0.2, 0.25) is 0 Å². The number of pyridine rings is 1. The zero-order valence-electron chi connectivity index (χ0n) is 12.0. The summed E-state index contributed by atoms with van der Waals surface area (Å²) in [5.41, 5.74) is 0.576. The van der Waals surface area contributed by atoms with Gasteiger partial charge in [0.15, 0.2) is 0 Å². The Kier molecular flexibility index (Phi) is 5.80. The number of hydrogen-bond acceptors (Lipinski definition) is 4. The molecule has 110 valence electrons. The second kappa shape index (κ2) is 7.85. The third kappa shape index (κ3) is 4.20. The molecule has 2 N–H and O–H groups in total. The Morgan fingerprint density at radius 3 is 3.00 bits per heavy atom. The average Bonchev–Trinajstić information content (AvgIpc) is 3.00. The second-order valence-corrected chi connectivity index (χ2v) is 5.04. The topological polar surface area (TPSA) is 63.2 Å². The standard InChI is InChI=1S/C15H23N3O2/c1-16-14-13(8-4-9-17-14)15(19)18-10-5-11-20-12-6-2-3-7-12/h4,8-9,12H,2-3,5-7,10-11H2,1H3,(H,16,17)(H,18,19). The van der Waals surface area contributed by atoms with Crippen LogP contribution in [0.2, 0.25) is 0 Å². The Bertz CT molecular complexity index is 431. The number of nitrogens with zero attached hydrogens (tertiary/aromatic N) is 1. The molecule has 0 aromatic carbocycles. The van der Waals surface area contributed by atoms with Gasteiger partial charge in [-0.05, 0) is 31.4 Å². The van der Waals surface area contributed by atoms with Crippen molar-refractivity contribution in [2.24, 2.45) is 0 Å². The predicted molar refractivity (Wildman–Crippen MR) is 78.9 cm³/mol. The molecule has 1 saturated carbocycles. The van der Waals surface area contributed by atoms with Gasteiger partial charge in [0, 0.05) is 26.4 Å². The molecule has 5 nitrogen and oxygen atoms in total. The number of rotatable bonds is 7. The lowest BCUT2D eigenvalue weighted by Gasteiger charge is -2.11. The van der Waals surface area contributed by atoms with Gasteiger partial charge in [0.05, 0.1) is 11.7 Å². The summed E-state index contributed by atoms with van der Waals surface area (Å²) in [6.45, 7) is 1.35. The number of amides is 1. The van der Waals surface area contributed by atoms with Gasteiger partial charge in [-0.15, -0.1) is 0 Å². The van der Waals surface area contributed by atoms with Crippen LogP contribution >= 0.6 is 0 Å². The molecule has 0 aliphatic heterocycles. The third-order valence-electron chi connectivity index (χ3n) is 3.55. The van der Waals surface area contributed by atoms with Crippen molar-refractivity contribution in [3.63, 3.8) is 0 Å². The van der Waals surface area contributed by atoms with Crippen LogP contribution in [0.25, 0.3) is 0 Å². The average molecular weight is 277 g/mol. The van der Waals surface area contributed by atoms with E-state index >= 15 is 0 Å². The maximum Gasteiger partial charge on any atom is 0.255 e. The minimum atomic E-state index is -0.0942. The molecule has 1 aromatic heterocycles. The highest BCUT2D eigenvalue weighted by Gasteiger charge is 2.15. The van der Waals surface area contributed by atoms with Crippen LogP contribution in [0.4, 0.5) is 5.82 Å². The van der Waals surface area contributed by atoms with Gasteiger partial charge in [-0.2, -0.15) is 0 Å². The van der Waals surface area contributed by atoms with Crippen molar-refractivity contribution in [3.05, 3.63) is 23.9 Å². The van der Waals surface area contributed by atoms with Crippen LogP contribution in [0.3, 0.4) is 0 Å². The molecule has 5 heteroatoms. The third-order valence-corrected chi connectivity index (χ3v) is 3.55. The molecule has 0 atom stereocenters. The van der Waals surface area contributed by atoms with Crippen LogP contribution < -0.4 is 10.6 Å². The van der Waals surface area contributed by atoms with Gasteiger partial charge in [-0.25, -0.2) is 4.98 Å². The second-order valence-electron chi connectivity index (χ2n) is 5.04. The molecule has 1 aliphatic carbocycles. The van der Waals surface area contributed by atoms with E-state index in [1.165, 1.54) is 25.7 Å². The molecule has 1 amide bonds. The molecule has 0 bridgehead atoms. The van der Waals surface area contributed by atoms with Crippen LogP contribution in [0.5, 0.6) is 0 Å². The van der Waals surface area contributed by atoms with Gasteiger partial charge in [0.25, 0.3) is 5.91 Å². The molecule has 0 spiro atoms. The quantitative estimate of drug-likeness (QED) is 0.750. The number of anilines is 1. The molecular formula is C15H23N3O2. The minimum Gasteiger partial charge on any atom is -0.378 e. The fraction of sp³-hybridized carbons (Fsp3) is 0.600. The zero-order valence-corrected chi connectivity index (χ0v) is 12.0. The molecule has 2 rings (SSSR count). The van der Waals surface area contributed by atoms with Gasteiger partial charge in [-0.3, -0.25) is 4.79 Å². The maximum atomic E-state index is 12.0. The first-order valence-corrected chi connectivity index (χ1v) is 7.34. The Labute approximate surface area is 120 Å². The van der Waals surface area contributed by atoms with Crippen LogP contribution in [0, 0.1) is 0 Å². The van der Waals surface area contributed by atoms with Crippen molar-refractivity contribution in [1.82, 2.24) is 10.3 Å². The van der Waals surface area contributed by atoms with Crippen LogP contribution in [-0.2, 0) is 4.74 Å². The molecule has 0 radical (unpaired) electrons. The number of carbonyl (C=O) groups excluding carboxylic acids is 1. The molecule has 1 aromatic rings. The number of carbonyl (C=O) groups is 1. The lowest BCUT2D eigenvalue weighted by Crippen LogP contribution is -2.26. The van der Waals surface area contributed by atoms with E-state index in [-0.39, 0.29) is 5.91 Å². The summed E-state index contributed by atoms with van der Waals surface area (Å²) in [6.07, 6.45) is 7.90. The Balaban J connectivity index is 1.67. The van der Waals surface area contributed by atoms with Crippen LogP contribution in [0.1, 0.15) is 42.5 Å². The van der Waals surface area contributed by atoms with E-state index in [1.807, 2.05) is 0 Å². The van der Waals surface area contributed by atoms with Crippen LogP contribution in [0.15, 0.2) is 18.3 Å². The van der Waals surface area contributed by atoms with Crippen molar-refractivity contribution in [3.8, 4) is 0 Å². The molecule has 0 unspecified atom stereocenters. The first-order chi connectivity index (χ1) is 9.81. The summed E-state index contributed by atoms with van der Waals surface area (Å²) in [4.78, 5) is 16.1. The van der Waals surface area contributed by atoms with E-state index in [0.717, 1.165) is 13.0 Å². The molecule has 1 fully saturated rings. The summed E-state index contributed by atoms with van der Waals surface area (Å²) in [5.74, 6) is 0.510. The molecule has 1 heterocycles. The highest BCUT2D eigenvalue weighted by atomic mass is 16.5. The normalized spacial score (nSPS) is 15.2. The van der Waals surface area contributed by atoms with Gasteiger partial charge >= 0.3 is 0 Å². The molecule has 1 aliphatic rings. The number of hydrogen-bond donors (Lipinski definition) is 2. The van der Waals surface area contributed by atoms with Crippen LogP contribution in [-0.4, -0.2) is 37.2 Å². The van der Waals surface area contributed by atoms with E-state index in [0.29, 0.717) is 24.0 Å². The minimum absolute atomic E-state index is 0.0942. The van der Waals surface area contributed by atoms with Gasteiger partial charge < -0.3 is 15.4 Å². The summed E-state index contributed by atoms with van der Waals surface area (Å²) < 4.78 is 5.76. The highest BCUT2D eigenvalue weighted by molar-refractivity contribution is 5.98. The fourth-order valence-corrected chi connectivity index (χ4v) is 2.46. The van der Waals surface area contributed by atoms with E-state index < -0.39 is 0 Å². The van der Waals surface area contributed by atoms with Gasteiger partial charge in [-0.1, -0.05) is 12.8 Å². The zero-order chi connectivity index (χ0) is 14.2. The number of nitrogens with one attached hydrogen (secondary N) is 2. The van der Waals surface area contributed by atoms with Crippen molar-refractivity contribution in [2.45, 2.75) is 38.2 Å². The summed E-state index contributed by atoms with van der Waals surface area (Å²) in [6, 6.07) is 3.53. The van der Waals surface area contributed by atoms with E-state index in [2.05, 4.69) is 15.6 Å². The predicted octanol–water partition coefficient (Wildman–Crippen LogP) is 2.20. The first kappa shape index (κ1) is 14.8. The Morgan fingerprint density at radius 1 is 1.45 bits per heavy atom. The van der Waals surface area contributed by atoms with E-state index in [4.69, 9.17) is 4.74 Å². The Hall–Kier alpha value is -1.62. The molecule has 0 saturated heterocycles. The summed E-state index contributed by atoms with van der Waals surface area (Å²) in [7, 11) is 1.76. The molecule has 20 heavy (non-hydrogen) atoms. The van der Waals surface area contributed by atoms with E-state index in [1.54, 1.807) is 25.4 Å². The van der Waals surface area contributed by atoms with E-state index in [9.17, 15) is 4.79 Å². The monoisotopic (exact) mass is 277 g/mol. The highest BCUT2D eigenvalue weighted by Crippen LogP contribution is 2.20. The van der Waals surface area contributed by atoms with Gasteiger partial charge in [0.1, 0.15) is 5.82 Å². The molecular weight excluding hydrogens is 254 g/mol. The Morgan fingerprint density at radius 2 is 2.25 bits per heavy atom. The van der Waals surface area contributed by atoms with Crippen molar-refractivity contribution >= 4 is 11.7 Å². The largest absolute Gasteiger partial charge is 0.378 e. The summed E-state index contributed by atoms with van der Waals surface area (Å²) >= 11 is 0. The smallest absolute Gasteiger partial charge is 0.255 e. The van der Waals surface area contributed by atoms with Crippen molar-refractivity contribution < 1.29 is 9.53 Å². The fourth-order valence-electron chi connectivity index (χ4n) is 2.46. The SMILES string of the molecule is CNc1ncccc1C(=O)NCCCOC1CCCC1. The number of aromatic nitrogens is 1. The first-order valence-electron chi connectivity index (χ1n) is 7.34. The van der Waals surface area contributed by atoms with Crippen molar-refractivity contribution in [2.75, 3.05) is 25.5 Å². The lowest BCUT2D eigenvalue weighted by molar-refractivity contribution is 0.0565. The van der Waals surface area contributed by atoms with Crippen molar-refractivity contribution in [1.29, 1.82) is 0 Å². The lowest BCUT2D eigenvalue weighted by atomic mass is 10.2. The number of ether oxygens (including phenoxy) is 1.